The van der Waals surface area contributed by atoms with Gasteiger partial charge in [-0.05, 0) is 44.0 Å². The molecule has 4 aromatic rings. The molecule has 0 unspecified atom stereocenters. The second kappa shape index (κ2) is 10.3. The van der Waals surface area contributed by atoms with Gasteiger partial charge in [0.2, 0.25) is 0 Å². The topological polar surface area (TPSA) is 52.8 Å². The molecule has 4 rings (SSSR count). The lowest BCUT2D eigenvalue weighted by molar-refractivity contribution is 0.271. The molecule has 0 spiro atoms. The highest BCUT2D eigenvalue weighted by molar-refractivity contribution is 7.98. The number of rotatable bonds is 9. The summed E-state index contributed by atoms with van der Waals surface area (Å²) >= 11 is 3.36. The summed E-state index contributed by atoms with van der Waals surface area (Å²) in [7, 11) is 0. The molecule has 7 heteroatoms. The van der Waals surface area contributed by atoms with Crippen LogP contribution in [0.2, 0.25) is 0 Å². The SMILES string of the molecule is CCn1c(SCc2csc(-c3ccc(C)cc3)n2)nnc1-c1ccc(OCC(C)C)cc1. The third-order valence-electron chi connectivity index (χ3n) is 4.93. The first-order valence-corrected chi connectivity index (χ1v) is 12.7. The molecular formula is C25H28N4OS2. The third kappa shape index (κ3) is 5.40. The van der Waals surface area contributed by atoms with E-state index in [0.29, 0.717) is 12.5 Å². The third-order valence-corrected chi connectivity index (χ3v) is 6.87. The summed E-state index contributed by atoms with van der Waals surface area (Å²) in [6, 6.07) is 16.6. The monoisotopic (exact) mass is 464 g/mol. The van der Waals surface area contributed by atoms with Gasteiger partial charge < -0.3 is 9.30 Å². The number of hydrogen-bond donors (Lipinski definition) is 0. The Morgan fingerprint density at radius 3 is 2.41 bits per heavy atom. The number of aromatic nitrogens is 4. The summed E-state index contributed by atoms with van der Waals surface area (Å²) in [5.41, 5.74) is 4.53. The van der Waals surface area contributed by atoms with E-state index in [9.17, 15) is 0 Å². The van der Waals surface area contributed by atoms with E-state index in [0.717, 1.165) is 50.9 Å². The maximum absolute atomic E-state index is 5.79. The van der Waals surface area contributed by atoms with Gasteiger partial charge in [-0.15, -0.1) is 21.5 Å². The van der Waals surface area contributed by atoms with E-state index in [2.05, 4.69) is 84.2 Å². The molecule has 0 saturated heterocycles. The number of benzene rings is 2. The van der Waals surface area contributed by atoms with Crippen LogP contribution in [0.3, 0.4) is 0 Å². The van der Waals surface area contributed by atoms with Crippen LogP contribution in [0.1, 0.15) is 32.0 Å². The Bertz CT molecular complexity index is 1150. The first-order valence-electron chi connectivity index (χ1n) is 10.8. The first-order chi connectivity index (χ1) is 15.5. The summed E-state index contributed by atoms with van der Waals surface area (Å²) in [4.78, 5) is 4.81. The zero-order valence-corrected chi connectivity index (χ0v) is 20.5. The Morgan fingerprint density at radius 2 is 1.72 bits per heavy atom. The van der Waals surface area contributed by atoms with Crippen LogP contribution in [0, 0.1) is 12.8 Å². The summed E-state index contributed by atoms with van der Waals surface area (Å²) < 4.78 is 7.95. The van der Waals surface area contributed by atoms with Crippen LogP contribution in [-0.4, -0.2) is 26.4 Å². The smallest absolute Gasteiger partial charge is 0.191 e. The van der Waals surface area contributed by atoms with Crippen molar-refractivity contribution >= 4 is 23.1 Å². The second-order valence-electron chi connectivity index (χ2n) is 8.08. The largest absolute Gasteiger partial charge is 0.493 e. The predicted octanol–water partition coefficient (Wildman–Crippen LogP) is 6.72. The number of thiazole rings is 1. The van der Waals surface area contributed by atoms with E-state index >= 15 is 0 Å². The number of thioether (sulfide) groups is 1. The van der Waals surface area contributed by atoms with Gasteiger partial charge in [0.05, 0.1) is 12.3 Å². The first kappa shape index (κ1) is 22.6. The highest BCUT2D eigenvalue weighted by Gasteiger charge is 2.14. The Hall–Kier alpha value is -2.64. The molecule has 2 heterocycles. The van der Waals surface area contributed by atoms with E-state index in [1.54, 1.807) is 23.1 Å². The molecule has 0 atom stereocenters. The fraction of sp³-hybridized carbons (Fsp3) is 0.320. The summed E-state index contributed by atoms with van der Waals surface area (Å²) in [6.45, 7) is 10.0. The van der Waals surface area contributed by atoms with Gasteiger partial charge in [-0.25, -0.2) is 4.98 Å². The number of nitrogens with zero attached hydrogens (tertiary/aromatic N) is 4. The average Bonchev–Trinajstić information content (AvgIpc) is 3.44. The molecule has 0 N–H and O–H groups in total. The van der Waals surface area contributed by atoms with Crippen molar-refractivity contribution in [3.05, 3.63) is 65.2 Å². The van der Waals surface area contributed by atoms with E-state index in [4.69, 9.17) is 9.72 Å². The number of aryl methyl sites for hydroxylation is 1. The van der Waals surface area contributed by atoms with Gasteiger partial charge in [-0.1, -0.05) is 55.4 Å². The molecule has 166 valence electrons. The van der Waals surface area contributed by atoms with Crippen LogP contribution in [-0.2, 0) is 12.3 Å². The van der Waals surface area contributed by atoms with Crippen molar-refractivity contribution in [2.24, 2.45) is 5.92 Å². The standard InChI is InChI=1S/C25H28N4OS2/c1-5-29-23(19-10-12-22(13-11-19)30-14-17(2)3)27-28-25(29)32-16-21-15-31-24(26-21)20-8-6-18(4)7-9-20/h6-13,15,17H,5,14,16H2,1-4H3. The molecule has 0 fully saturated rings. The molecule has 2 aromatic carbocycles. The number of ether oxygens (including phenoxy) is 1. The molecule has 0 aliphatic carbocycles. The summed E-state index contributed by atoms with van der Waals surface area (Å²) in [6.07, 6.45) is 0. The Balaban J connectivity index is 1.44. The van der Waals surface area contributed by atoms with Gasteiger partial charge >= 0.3 is 0 Å². The van der Waals surface area contributed by atoms with Gasteiger partial charge in [-0.2, -0.15) is 0 Å². The minimum absolute atomic E-state index is 0.503. The highest BCUT2D eigenvalue weighted by Crippen LogP contribution is 2.30. The molecule has 0 saturated carbocycles. The molecule has 0 aliphatic heterocycles. The lowest BCUT2D eigenvalue weighted by Crippen LogP contribution is -2.04. The van der Waals surface area contributed by atoms with Gasteiger partial charge in [0.1, 0.15) is 10.8 Å². The lowest BCUT2D eigenvalue weighted by Gasteiger charge is -2.10. The van der Waals surface area contributed by atoms with Crippen LogP contribution in [0.5, 0.6) is 5.75 Å². The van der Waals surface area contributed by atoms with Crippen molar-refractivity contribution < 1.29 is 4.74 Å². The molecule has 0 amide bonds. The zero-order valence-electron chi connectivity index (χ0n) is 18.9. The van der Waals surface area contributed by atoms with E-state index < -0.39 is 0 Å². The molecule has 2 aromatic heterocycles. The molecular weight excluding hydrogens is 436 g/mol. The summed E-state index contributed by atoms with van der Waals surface area (Å²) in [5, 5.41) is 13.0. The quantitative estimate of drug-likeness (QED) is 0.257. The van der Waals surface area contributed by atoms with Crippen LogP contribution in [0.25, 0.3) is 22.0 Å². The Labute approximate surface area is 197 Å². The van der Waals surface area contributed by atoms with Crippen LogP contribution in [0.15, 0.2) is 59.1 Å². The van der Waals surface area contributed by atoms with E-state index in [-0.39, 0.29) is 0 Å². The van der Waals surface area contributed by atoms with Gasteiger partial charge in [0.15, 0.2) is 11.0 Å². The van der Waals surface area contributed by atoms with Crippen molar-refractivity contribution in [2.45, 2.75) is 45.1 Å². The van der Waals surface area contributed by atoms with Crippen LogP contribution in [0.4, 0.5) is 0 Å². The maximum Gasteiger partial charge on any atom is 0.191 e. The molecule has 0 bridgehead atoms. The number of hydrogen-bond acceptors (Lipinski definition) is 6. The fourth-order valence-electron chi connectivity index (χ4n) is 3.20. The van der Waals surface area contributed by atoms with E-state index in [1.165, 1.54) is 5.56 Å². The predicted molar refractivity (Wildman–Crippen MR) is 133 cm³/mol. The van der Waals surface area contributed by atoms with Crippen molar-refractivity contribution in [1.29, 1.82) is 0 Å². The van der Waals surface area contributed by atoms with Crippen molar-refractivity contribution in [3.8, 4) is 27.7 Å². The van der Waals surface area contributed by atoms with Crippen LogP contribution >= 0.6 is 23.1 Å². The van der Waals surface area contributed by atoms with Gasteiger partial charge in [-0.3, -0.25) is 0 Å². The minimum atomic E-state index is 0.503. The van der Waals surface area contributed by atoms with Crippen molar-refractivity contribution in [1.82, 2.24) is 19.7 Å². The molecule has 0 aliphatic rings. The van der Waals surface area contributed by atoms with Gasteiger partial charge in [0, 0.05) is 28.8 Å². The molecule has 0 radical (unpaired) electrons. The molecule has 32 heavy (non-hydrogen) atoms. The lowest BCUT2D eigenvalue weighted by atomic mass is 10.2. The molecule has 5 nitrogen and oxygen atoms in total. The Morgan fingerprint density at radius 1 is 1.00 bits per heavy atom. The Kier molecular flexibility index (Phi) is 7.27. The highest BCUT2D eigenvalue weighted by atomic mass is 32.2. The van der Waals surface area contributed by atoms with Gasteiger partial charge in [0.25, 0.3) is 0 Å². The van der Waals surface area contributed by atoms with Crippen LogP contribution < -0.4 is 4.74 Å². The van der Waals surface area contributed by atoms with Crippen molar-refractivity contribution in [3.63, 3.8) is 0 Å². The minimum Gasteiger partial charge on any atom is -0.493 e. The fourth-order valence-corrected chi connectivity index (χ4v) is 5.02. The maximum atomic E-state index is 5.79. The van der Waals surface area contributed by atoms with Crippen molar-refractivity contribution in [2.75, 3.05) is 6.61 Å². The normalized spacial score (nSPS) is 11.3. The van der Waals surface area contributed by atoms with E-state index in [1.807, 2.05) is 12.1 Å². The summed E-state index contributed by atoms with van der Waals surface area (Å²) in [5.74, 6) is 3.03. The average molecular weight is 465 g/mol. The second-order valence-corrected chi connectivity index (χ2v) is 9.88. The zero-order chi connectivity index (χ0) is 22.5.